The third-order valence-corrected chi connectivity index (χ3v) is 6.04. The van der Waals surface area contributed by atoms with E-state index in [0.29, 0.717) is 42.7 Å². The summed E-state index contributed by atoms with van der Waals surface area (Å²) in [6.07, 6.45) is 1.47. The Morgan fingerprint density at radius 1 is 1.09 bits per heavy atom. The summed E-state index contributed by atoms with van der Waals surface area (Å²) in [5, 5.41) is 15.9. The molecular weight excluding hydrogens is 463 g/mol. The number of nitrogens with zero attached hydrogens (tertiary/aromatic N) is 2. The van der Waals surface area contributed by atoms with Gasteiger partial charge in [-0.2, -0.15) is 0 Å². The summed E-state index contributed by atoms with van der Waals surface area (Å²) in [6.45, 7) is 2.27. The Kier molecular flexibility index (Phi) is 8.42. The van der Waals surface area contributed by atoms with Gasteiger partial charge in [0.2, 0.25) is 0 Å². The van der Waals surface area contributed by atoms with Crippen molar-refractivity contribution in [2.75, 3.05) is 19.7 Å². The van der Waals surface area contributed by atoms with Crippen molar-refractivity contribution >= 4 is 28.9 Å². The predicted octanol–water partition coefficient (Wildman–Crippen LogP) is 5.16. The second kappa shape index (κ2) is 11.7. The van der Waals surface area contributed by atoms with Crippen molar-refractivity contribution in [3.8, 4) is 0 Å². The molecule has 8 heteroatoms. The highest BCUT2D eigenvalue weighted by molar-refractivity contribution is 6.42. The van der Waals surface area contributed by atoms with Gasteiger partial charge < -0.3 is 19.1 Å². The van der Waals surface area contributed by atoms with E-state index in [1.165, 1.54) is 0 Å². The van der Waals surface area contributed by atoms with Gasteiger partial charge in [-0.05, 0) is 29.8 Å². The smallest absolute Gasteiger partial charge is 0.145 e. The molecule has 174 valence electrons. The summed E-state index contributed by atoms with van der Waals surface area (Å²) in [7, 11) is 0. The second-order valence-corrected chi connectivity index (χ2v) is 8.84. The maximum Gasteiger partial charge on any atom is 0.145 e. The van der Waals surface area contributed by atoms with Crippen LogP contribution < -0.4 is 0 Å². The first-order valence-corrected chi connectivity index (χ1v) is 11.5. The summed E-state index contributed by atoms with van der Waals surface area (Å²) < 4.78 is 10.9. The topological polar surface area (TPSA) is 67.4 Å². The van der Waals surface area contributed by atoms with Crippen LogP contribution >= 0.6 is 23.2 Å². The number of ether oxygens (including phenoxy) is 1. The van der Waals surface area contributed by atoms with Crippen LogP contribution in [0.3, 0.4) is 0 Å². The average molecular weight is 489 g/mol. The Morgan fingerprint density at radius 2 is 1.94 bits per heavy atom. The highest BCUT2D eigenvalue weighted by Crippen LogP contribution is 2.26. The van der Waals surface area contributed by atoms with Gasteiger partial charge in [-0.3, -0.25) is 4.90 Å². The summed E-state index contributed by atoms with van der Waals surface area (Å²) >= 11 is 12.2. The summed E-state index contributed by atoms with van der Waals surface area (Å²) in [4.78, 5) is 7.88. The van der Waals surface area contributed by atoms with Gasteiger partial charge in [0, 0.05) is 31.6 Å². The van der Waals surface area contributed by atoms with Gasteiger partial charge in [-0.1, -0.05) is 64.8 Å². The van der Waals surface area contributed by atoms with E-state index in [2.05, 4.69) is 22.2 Å². The van der Waals surface area contributed by atoms with E-state index >= 15 is 0 Å². The lowest BCUT2D eigenvalue weighted by atomic mass is 10.0. The molecule has 2 atom stereocenters. The SMILES string of the molecule is O[C@H](COCc1ccco1)CN(Cc1ccccc1)C[C@H]1CC(c2ccc(Cl)c(Cl)c2)=NO1. The molecular formula is C25H26Cl2N2O4. The molecule has 0 saturated heterocycles. The zero-order chi connectivity index (χ0) is 23.0. The van der Waals surface area contributed by atoms with Crippen LogP contribution in [0.15, 0.2) is 76.5 Å². The molecule has 6 nitrogen and oxygen atoms in total. The van der Waals surface area contributed by atoms with Crippen LogP contribution in [0.25, 0.3) is 0 Å². The van der Waals surface area contributed by atoms with Crippen LogP contribution in [0.1, 0.15) is 23.3 Å². The van der Waals surface area contributed by atoms with Gasteiger partial charge in [0.05, 0.1) is 34.7 Å². The number of benzene rings is 2. The number of hydrogen-bond acceptors (Lipinski definition) is 6. The lowest BCUT2D eigenvalue weighted by Crippen LogP contribution is -2.39. The minimum absolute atomic E-state index is 0.130. The monoisotopic (exact) mass is 488 g/mol. The van der Waals surface area contributed by atoms with E-state index < -0.39 is 6.10 Å². The van der Waals surface area contributed by atoms with Crippen LogP contribution in [-0.4, -0.2) is 47.6 Å². The lowest BCUT2D eigenvalue weighted by Gasteiger charge is -2.27. The van der Waals surface area contributed by atoms with Crippen LogP contribution in [-0.2, 0) is 22.7 Å². The van der Waals surface area contributed by atoms with Gasteiger partial charge in [-0.15, -0.1) is 0 Å². The highest BCUT2D eigenvalue weighted by Gasteiger charge is 2.26. The molecule has 0 fully saturated rings. The molecule has 3 aromatic rings. The standard InChI is InChI=1S/C25H26Cl2N2O4/c26-23-9-8-19(11-24(23)27)25-12-22(33-28-25)15-29(13-18-5-2-1-3-6-18)14-20(30)16-31-17-21-7-4-10-32-21/h1-11,20,22,30H,12-17H2/t20-,22+/m0/s1. The fraction of sp³-hybridized carbons (Fsp3) is 0.320. The molecule has 0 bridgehead atoms. The molecule has 0 aliphatic carbocycles. The van der Waals surface area contributed by atoms with Crippen LogP contribution in [0.5, 0.6) is 0 Å². The molecule has 0 amide bonds. The van der Waals surface area contributed by atoms with E-state index in [0.717, 1.165) is 22.6 Å². The molecule has 2 heterocycles. The first kappa shape index (κ1) is 23.8. The van der Waals surface area contributed by atoms with Crippen molar-refractivity contribution in [2.45, 2.75) is 31.8 Å². The highest BCUT2D eigenvalue weighted by atomic mass is 35.5. The van der Waals surface area contributed by atoms with Gasteiger partial charge >= 0.3 is 0 Å². The fourth-order valence-corrected chi connectivity index (χ4v) is 4.04. The van der Waals surface area contributed by atoms with Crippen LogP contribution in [0, 0.1) is 0 Å². The van der Waals surface area contributed by atoms with E-state index in [1.807, 2.05) is 36.4 Å². The Labute approximate surface area is 203 Å². The van der Waals surface area contributed by atoms with E-state index in [9.17, 15) is 5.11 Å². The quantitative estimate of drug-likeness (QED) is 0.403. The number of rotatable bonds is 11. The first-order chi connectivity index (χ1) is 16.1. The molecule has 4 rings (SSSR count). The Hall–Kier alpha value is -2.35. The van der Waals surface area contributed by atoms with Gasteiger partial charge in [0.1, 0.15) is 18.5 Å². The molecule has 1 aliphatic heterocycles. The molecule has 0 unspecified atom stereocenters. The molecule has 33 heavy (non-hydrogen) atoms. The zero-order valence-electron chi connectivity index (χ0n) is 18.1. The van der Waals surface area contributed by atoms with Crippen molar-refractivity contribution in [1.82, 2.24) is 4.90 Å². The molecule has 0 spiro atoms. The third kappa shape index (κ3) is 7.06. The molecule has 0 radical (unpaired) electrons. The largest absolute Gasteiger partial charge is 0.467 e. The minimum atomic E-state index is -0.652. The van der Waals surface area contributed by atoms with Crippen molar-refractivity contribution in [1.29, 1.82) is 0 Å². The average Bonchev–Trinajstić information content (AvgIpc) is 3.49. The molecule has 0 saturated carbocycles. The minimum Gasteiger partial charge on any atom is -0.467 e. The zero-order valence-corrected chi connectivity index (χ0v) is 19.6. The van der Waals surface area contributed by atoms with Gasteiger partial charge in [0.15, 0.2) is 0 Å². The van der Waals surface area contributed by atoms with Crippen LogP contribution in [0.2, 0.25) is 10.0 Å². The van der Waals surface area contributed by atoms with Crippen molar-refractivity contribution in [3.05, 3.63) is 93.9 Å². The van der Waals surface area contributed by atoms with Crippen molar-refractivity contribution < 1.29 is 19.1 Å². The fourth-order valence-electron chi connectivity index (χ4n) is 3.75. The number of aliphatic hydroxyl groups excluding tert-OH is 1. The second-order valence-electron chi connectivity index (χ2n) is 8.03. The van der Waals surface area contributed by atoms with E-state index in [-0.39, 0.29) is 12.7 Å². The van der Waals surface area contributed by atoms with Crippen molar-refractivity contribution in [2.24, 2.45) is 5.16 Å². The lowest BCUT2D eigenvalue weighted by molar-refractivity contribution is -0.00955. The van der Waals surface area contributed by atoms with Crippen LogP contribution in [0.4, 0.5) is 0 Å². The summed E-state index contributed by atoms with van der Waals surface area (Å²) in [5.74, 6) is 0.731. The number of oxime groups is 1. The maximum atomic E-state index is 10.6. The summed E-state index contributed by atoms with van der Waals surface area (Å²) in [6, 6.07) is 19.3. The van der Waals surface area contributed by atoms with Crippen molar-refractivity contribution in [3.63, 3.8) is 0 Å². The number of halogens is 2. The number of hydrogen-bond donors (Lipinski definition) is 1. The molecule has 1 aromatic heterocycles. The molecule has 1 N–H and O–H groups in total. The van der Waals surface area contributed by atoms with E-state index in [1.54, 1.807) is 18.4 Å². The third-order valence-electron chi connectivity index (χ3n) is 5.30. The number of aliphatic hydroxyl groups is 1. The van der Waals surface area contributed by atoms with Gasteiger partial charge in [-0.25, -0.2) is 0 Å². The maximum absolute atomic E-state index is 10.6. The predicted molar refractivity (Wildman–Crippen MR) is 129 cm³/mol. The van der Waals surface area contributed by atoms with Gasteiger partial charge in [0.25, 0.3) is 0 Å². The van der Waals surface area contributed by atoms with E-state index in [4.69, 9.17) is 37.2 Å². The Balaban J connectivity index is 1.34. The summed E-state index contributed by atoms with van der Waals surface area (Å²) in [5.41, 5.74) is 2.89. The number of furan rings is 1. The Morgan fingerprint density at radius 3 is 2.70 bits per heavy atom. The molecule has 1 aliphatic rings. The first-order valence-electron chi connectivity index (χ1n) is 10.8. The normalized spacial score (nSPS) is 16.6. The molecule has 2 aromatic carbocycles. The Bertz CT molecular complexity index is 1040.